The van der Waals surface area contributed by atoms with Gasteiger partial charge in [-0.05, 0) is 24.6 Å². The van der Waals surface area contributed by atoms with Gasteiger partial charge in [0.2, 0.25) is 0 Å². The summed E-state index contributed by atoms with van der Waals surface area (Å²) in [6.07, 6.45) is 0. The van der Waals surface area contributed by atoms with Crippen molar-refractivity contribution >= 4 is 34.5 Å². The lowest BCUT2D eigenvalue weighted by Crippen LogP contribution is -1.86. The van der Waals surface area contributed by atoms with Crippen molar-refractivity contribution < 1.29 is 4.39 Å². The SMILES string of the molecule is Cc1cc(Cl)c(-c2csc(Cl)n2)cc1F. The molecule has 0 fully saturated rings. The molecule has 0 amide bonds. The topological polar surface area (TPSA) is 12.9 Å². The molecule has 0 aliphatic carbocycles. The molecule has 2 aromatic rings. The lowest BCUT2D eigenvalue weighted by Gasteiger charge is -2.03. The minimum Gasteiger partial charge on any atom is -0.225 e. The Morgan fingerprint density at radius 2 is 2.07 bits per heavy atom. The molecule has 1 aromatic carbocycles. The highest BCUT2D eigenvalue weighted by molar-refractivity contribution is 7.14. The van der Waals surface area contributed by atoms with E-state index in [2.05, 4.69) is 4.98 Å². The van der Waals surface area contributed by atoms with Crippen molar-refractivity contribution in [2.75, 3.05) is 0 Å². The maximum Gasteiger partial charge on any atom is 0.184 e. The zero-order chi connectivity index (χ0) is 11.0. The second kappa shape index (κ2) is 4.08. The van der Waals surface area contributed by atoms with Crippen LogP contribution in [0.1, 0.15) is 5.56 Å². The summed E-state index contributed by atoms with van der Waals surface area (Å²) in [4.78, 5) is 4.05. The average Bonchev–Trinajstić information content (AvgIpc) is 2.58. The normalized spacial score (nSPS) is 10.7. The molecule has 1 aromatic heterocycles. The summed E-state index contributed by atoms with van der Waals surface area (Å²) >= 11 is 13.0. The van der Waals surface area contributed by atoms with Crippen LogP contribution in [0.4, 0.5) is 4.39 Å². The molecule has 0 aliphatic heterocycles. The first-order valence-electron chi connectivity index (χ1n) is 4.15. The first kappa shape index (κ1) is 10.9. The van der Waals surface area contributed by atoms with E-state index in [-0.39, 0.29) is 5.82 Å². The average molecular weight is 262 g/mol. The fourth-order valence-corrected chi connectivity index (χ4v) is 2.30. The number of halogens is 3. The molecule has 0 aliphatic rings. The van der Waals surface area contributed by atoms with Gasteiger partial charge in [0.1, 0.15) is 5.82 Å². The maximum absolute atomic E-state index is 13.3. The number of aryl methyl sites for hydroxylation is 1. The third kappa shape index (κ3) is 2.14. The molecule has 1 nitrogen and oxygen atoms in total. The minimum absolute atomic E-state index is 0.293. The third-order valence-corrected chi connectivity index (χ3v) is 3.29. The standard InChI is InChI=1S/C10H6Cl2FNS/c1-5-2-7(11)6(3-8(5)13)9-4-15-10(12)14-9/h2-4H,1H3. The fourth-order valence-electron chi connectivity index (χ4n) is 1.22. The molecule has 0 saturated heterocycles. The Bertz CT molecular complexity index is 510. The summed E-state index contributed by atoms with van der Waals surface area (Å²) in [5, 5.41) is 2.23. The van der Waals surface area contributed by atoms with E-state index in [9.17, 15) is 4.39 Å². The van der Waals surface area contributed by atoms with Crippen molar-refractivity contribution in [2.45, 2.75) is 6.92 Å². The largest absolute Gasteiger partial charge is 0.225 e. The molecular formula is C10H6Cl2FNS. The first-order valence-corrected chi connectivity index (χ1v) is 5.78. The van der Waals surface area contributed by atoms with Crippen molar-refractivity contribution in [1.29, 1.82) is 0 Å². The second-order valence-electron chi connectivity index (χ2n) is 3.07. The van der Waals surface area contributed by atoms with Gasteiger partial charge in [-0.1, -0.05) is 23.2 Å². The molecule has 5 heteroatoms. The van der Waals surface area contributed by atoms with Crippen LogP contribution in [-0.2, 0) is 0 Å². The zero-order valence-corrected chi connectivity index (χ0v) is 10.0. The van der Waals surface area contributed by atoms with Gasteiger partial charge in [-0.15, -0.1) is 11.3 Å². The van der Waals surface area contributed by atoms with Crippen molar-refractivity contribution in [3.63, 3.8) is 0 Å². The van der Waals surface area contributed by atoms with Crippen LogP contribution in [0.25, 0.3) is 11.3 Å². The highest BCUT2D eigenvalue weighted by Crippen LogP contribution is 2.32. The Morgan fingerprint density at radius 1 is 1.33 bits per heavy atom. The molecule has 15 heavy (non-hydrogen) atoms. The van der Waals surface area contributed by atoms with Crippen LogP contribution >= 0.6 is 34.5 Å². The van der Waals surface area contributed by atoms with E-state index in [4.69, 9.17) is 23.2 Å². The van der Waals surface area contributed by atoms with Crippen molar-refractivity contribution in [2.24, 2.45) is 0 Å². The highest BCUT2D eigenvalue weighted by Gasteiger charge is 2.10. The quantitative estimate of drug-likeness (QED) is 0.733. The molecule has 0 saturated carbocycles. The Balaban J connectivity index is 2.58. The Labute approximate surface area is 100 Å². The van der Waals surface area contributed by atoms with Crippen LogP contribution < -0.4 is 0 Å². The summed E-state index contributed by atoms with van der Waals surface area (Å²) < 4.78 is 13.8. The van der Waals surface area contributed by atoms with Crippen molar-refractivity contribution in [3.05, 3.63) is 38.4 Å². The third-order valence-electron chi connectivity index (χ3n) is 2.00. The summed E-state index contributed by atoms with van der Waals surface area (Å²) in [5.74, 6) is -0.293. The molecule has 78 valence electrons. The predicted octanol–water partition coefficient (Wildman–Crippen LogP) is 4.56. The zero-order valence-electron chi connectivity index (χ0n) is 7.72. The second-order valence-corrected chi connectivity index (χ2v) is 4.91. The molecule has 0 unspecified atom stereocenters. The van der Waals surface area contributed by atoms with Crippen LogP contribution in [0.5, 0.6) is 0 Å². The van der Waals surface area contributed by atoms with Gasteiger partial charge in [-0.25, -0.2) is 9.37 Å². The smallest absolute Gasteiger partial charge is 0.184 e. The van der Waals surface area contributed by atoms with Crippen LogP contribution in [0.3, 0.4) is 0 Å². The van der Waals surface area contributed by atoms with Gasteiger partial charge >= 0.3 is 0 Å². The Morgan fingerprint density at radius 3 is 2.67 bits per heavy atom. The number of hydrogen-bond acceptors (Lipinski definition) is 2. The Kier molecular flexibility index (Phi) is 2.96. The van der Waals surface area contributed by atoms with E-state index in [1.807, 2.05) is 0 Å². The molecule has 2 rings (SSSR count). The van der Waals surface area contributed by atoms with Crippen LogP contribution in [-0.4, -0.2) is 4.98 Å². The van der Waals surface area contributed by atoms with Gasteiger partial charge in [-0.3, -0.25) is 0 Å². The molecular weight excluding hydrogens is 256 g/mol. The minimum atomic E-state index is -0.293. The summed E-state index contributed by atoms with van der Waals surface area (Å²) in [7, 11) is 0. The lowest BCUT2D eigenvalue weighted by molar-refractivity contribution is 0.619. The van der Waals surface area contributed by atoms with Crippen LogP contribution in [0, 0.1) is 12.7 Å². The van der Waals surface area contributed by atoms with E-state index in [1.165, 1.54) is 17.4 Å². The van der Waals surface area contributed by atoms with E-state index in [1.54, 1.807) is 18.4 Å². The van der Waals surface area contributed by atoms with Gasteiger partial charge in [0.05, 0.1) is 10.7 Å². The fraction of sp³-hybridized carbons (Fsp3) is 0.100. The summed E-state index contributed by atoms with van der Waals surface area (Å²) in [6.45, 7) is 1.67. The van der Waals surface area contributed by atoms with Crippen molar-refractivity contribution in [1.82, 2.24) is 4.98 Å². The lowest BCUT2D eigenvalue weighted by atomic mass is 10.1. The number of aromatic nitrogens is 1. The van der Waals surface area contributed by atoms with E-state index in [0.717, 1.165) is 0 Å². The molecule has 0 atom stereocenters. The van der Waals surface area contributed by atoms with Crippen LogP contribution in [0.2, 0.25) is 9.49 Å². The molecule has 0 bridgehead atoms. The molecule has 0 N–H and O–H groups in total. The molecule has 0 spiro atoms. The van der Waals surface area contributed by atoms with Crippen LogP contribution in [0.15, 0.2) is 17.5 Å². The van der Waals surface area contributed by atoms with Gasteiger partial charge in [-0.2, -0.15) is 0 Å². The first-order chi connectivity index (χ1) is 7.08. The summed E-state index contributed by atoms with van der Waals surface area (Å²) in [5.41, 5.74) is 1.70. The molecule has 1 heterocycles. The highest BCUT2D eigenvalue weighted by atomic mass is 35.5. The van der Waals surface area contributed by atoms with Gasteiger partial charge < -0.3 is 0 Å². The number of hydrogen-bond donors (Lipinski definition) is 0. The van der Waals surface area contributed by atoms with E-state index >= 15 is 0 Å². The predicted molar refractivity (Wildman–Crippen MR) is 62.3 cm³/mol. The van der Waals surface area contributed by atoms with Gasteiger partial charge in [0, 0.05) is 10.9 Å². The number of thiazole rings is 1. The maximum atomic E-state index is 13.3. The number of benzene rings is 1. The van der Waals surface area contributed by atoms with Gasteiger partial charge in [0.15, 0.2) is 4.47 Å². The number of nitrogens with zero attached hydrogens (tertiary/aromatic N) is 1. The van der Waals surface area contributed by atoms with Gasteiger partial charge in [0.25, 0.3) is 0 Å². The number of rotatable bonds is 1. The van der Waals surface area contributed by atoms with Crippen molar-refractivity contribution in [3.8, 4) is 11.3 Å². The van der Waals surface area contributed by atoms with E-state index < -0.39 is 0 Å². The summed E-state index contributed by atoms with van der Waals surface area (Å²) in [6, 6.07) is 2.96. The van der Waals surface area contributed by atoms with E-state index in [0.29, 0.717) is 26.3 Å². The Hall–Kier alpha value is -0.640. The monoisotopic (exact) mass is 261 g/mol. The molecule has 0 radical (unpaired) electrons.